The molecule has 1 heterocycles. The molecule has 1 aliphatic heterocycles. The van der Waals surface area contributed by atoms with Gasteiger partial charge in [0.25, 0.3) is 0 Å². The van der Waals surface area contributed by atoms with Gasteiger partial charge < -0.3 is 0 Å². The lowest BCUT2D eigenvalue weighted by Crippen LogP contribution is -2.35. The second-order valence-corrected chi connectivity index (χ2v) is 7.66. The Labute approximate surface area is 127 Å². The zero-order valence-electron chi connectivity index (χ0n) is 10.8. The quantitative estimate of drug-likeness (QED) is 0.833. The Morgan fingerprint density at radius 1 is 0.950 bits per heavy atom. The van der Waals surface area contributed by atoms with Crippen LogP contribution in [-0.4, -0.2) is 19.3 Å². The first kappa shape index (κ1) is 13.8. The van der Waals surface area contributed by atoms with Crippen molar-refractivity contribution in [3.63, 3.8) is 0 Å². The fourth-order valence-corrected chi connectivity index (χ4v) is 4.11. The second-order valence-electron chi connectivity index (χ2n) is 4.81. The van der Waals surface area contributed by atoms with Crippen LogP contribution in [0.25, 0.3) is 0 Å². The summed E-state index contributed by atoms with van der Waals surface area (Å²) in [6.45, 7) is 0.990. The van der Waals surface area contributed by atoms with Crippen molar-refractivity contribution in [1.29, 1.82) is 0 Å². The summed E-state index contributed by atoms with van der Waals surface area (Å²) in [5.41, 5.74) is 2.34. The molecule has 104 valence electrons. The Morgan fingerprint density at radius 2 is 1.60 bits per heavy atom. The summed E-state index contributed by atoms with van der Waals surface area (Å²) in [7, 11) is -3.41. The highest BCUT2D eigenvalue weighted by atomic mass is 79.9. The molecule has 5 heteroatoms. The maximum atomic E-state index is 12.6. The van der Waals surface area contributed by atoms with Crippen molar-refractivity contribution in [1.82, 2.24) is 4.31 Å². The molecule has 0 saturated heterocycles. The number of hydrogen-bond donors (Lipinski definition) is 0. The van der Waals surface area contributed by atoms with Crippen molar-refractivity contribution in [3.05, 3.63) is 64.1 Å². The van der Waals surface area contributed by atoms with Crippen LogP contribution in [0.15, 0.2) is 57.9 Å². The third kappa shape index (κ3) is 2.53. The first-order valence-corrected chi connectivity index (χ1v) is 8.63. The van der Waals surface area contributed by atoms with Gasteiger partial charge in [0.1, 0.15) is 0 Å². The van der Waals surface area contributed by atoms with Crippen molar-refractivity contribution in [2.24, 2.45) is 0 Å². The fraction of sp³-hybridized carbons (Fsp3) is 0.200. The van der Waals surface area contributed by atoms with E-state index in [1.807, 2.05) is 18.2 Å². The van der Waals surface area contributed by atoms with E-state index in [1.54, 1.807) is 28.6 Å². The van der Waals surface area contributed by atoms with Gasteiger partial charge in [-0.05, 0) is 41.8 Å². The first-order valence-electron chi connectivity index (χ1n) is 6.40. The molecule has 0 amide bonds. The molecule has 2 aromatic carbocycles. The highest BCUT2D eigenvalue weighted by Crippen LogP contribution is 2.25. The molecule has 0 aromatic heterocycles. The number of hydrogen-bond acceptors (Lipinski definition) is 2. The molecule has 0 radical (unpaired) electrons. The molecule has 3 nitrogen and oxygen atoms in total. The smallest absolute Gasteiger partial charge is 0.207 e. The van der Waals surface area contributed by atoms with Gasteiger partial charge in [0, 0.05) is 17.6 Å². The minimum Gasteiger partial charge on any atom is -0.207 e. The van der Waals surface area contributed by atoms with Crippen molar-refractivity contribution >= 4 is 26.0 Å². The summed E-state index contributed by atoms with van der Waals surface area (Å²) in [4.78, 5) is 0.347. The Balaban J connectivity index is 1.92. The SMILES string of the molecule is O=S(=O)(c1ccc(Br)cc1)N1CCc2ccccc2C1. The van der Waals surface area contributed by atoms with E-state index in [4.69, 9.17) is 0 Å². The van der Waals surface area contributed by atoms with Gasteiger partial charge >= 0.3 is 0 Å². The molecule has 3 rings (SSSR count). The molecule has 0 saturated carbocycles. The normalized spacial score (nSPS) is 15.8. The van der Waals surface area contributed by atoms with E-state index in [0.29, 0.717) is 18.0 Å². The molecule has 0 aliphatic carbocycles. The number of fused-ring (bicyclic) bond motifs is 1. The number of halogens is 1. The molecular weight excluding hydrogens is 338 g/mol. The largest absolute Gasteiger partial charge is 0.243 e. The number of benzene rings is 2. The number of sulfonamides is 1. The summed E-state index contributed by atoms with van der Waals surface area (Å²) in [6.07, 6.45) is 0.770. The zero-order valence-corrected chi connectivity index (χ0v) is 13.2. The lowest BCUT2D eigenvalue weighted by Gasteiger charge is -2.28. The van der Waals surface area contributed by atoms with Crippen LogP contribution in [0.2, 0.25) is 0 Å². The Bertz CT molecular complexity index is 726. The lowest BCUT2D eigenvalue weighted by molar-refractivity contribution is 0.391. The molecule has 0 spiro atoms. The Kier molecular flexibility index (Phi) is 3.67. The number of nitrogens with zero attached hydrogens (tertiary/aromatic N) is 1. The van der Waals surface area contributed by atoms with Crippen LogP contribution in [0.3, 0.4) is 0 Å². The monoisotopic (exact) mass is 351 g/mol. The molecule has 1 aliphatic rings. The van der Waals surface area contributed by atoms with E-state index in [0.717, 1.165) is 16.5 Å². The third-order valence-corrected chi connectivity index (χ3v) is 5.94. The van der Waals surface area contributed by atoms with Crippen LogP contribution in [0.4, 0.5) is 0 Å². The number of rotatable bonds is 2. The van der Waals surface area contributed by atoms with E-state index in [-0.39, 0.29) is 0 Å². The predicted molar refractivity (Wildman–Crippen MR) is 81.9 cm³/mol. The molecule has 0 unspecified atom stereocenters. The molecule has 0 bridgehead atoms. The van der Waals surface area contributed by atoms with Gasteiger partial charge in [-0.3, -0.25) is 0 Å². The van der Waals surface area contributed by atoms with Gasteiger partial charge in [-0.15, -0.1) is 0 Å². The Morgan fingerprint density at radius 3 is 2.30 bits per heavy atom. The van der Waals surface area contributed by atoms with Crippen molar-refractivity contribution in [2.75, 3.05) is 6.54 Å². The van der Waals surface area contributed by atoms with Gasteiger partial charge in [-0.2, -0.15) is 4.31 Å². The average molecular weight is 352 g/mol. The van der Waals surface area contributed by atoms with Crippen LogP contribution in [-0.2, 0) is 23.0 Å². The second kappa shape index (κ2) is 5.31. The molecule has 0 fully saturated rings. The summed E-state index contributed by atoms with van der Waals surface area (Å²) in [5.74, 6) is 0. The van der Waals surface area contributed by atoms with Crippen LogP contribution in [0, 0.1) is 0 Å². The lowest BCUT2D eigenvalue weighted by atomic mass is 10.0. The van der Waals surface area contributed by atoms with E-state index < -0.39 is 10.0 Å². The van der Waals surface area contributed by atoms with Gasteiger partial charge in [0.15, 0.2) is 0 Å². The van der Waals surface area contributed by atoms with Gasteiger partial charge in [0.05, 0.1) is 4.90 Å². The van der Waals surface area contributed by atoms with Crippen LogP contribution < -0.4 is 0 Å². The van der Waals surface area contributed by atoms with E-state index >= 15 is 0 Å². The van der Waals surface area contributed by atoms with Gasteiger partial charge in [-0.1, -0.05) is 40.2 Å². The maximum absolute atomic E-state index is 12.6. The van der Waals surface area contributed by atoms with Crippen molar-refractivity contribution in [3.8, 4) is 0 Å². The van der Waals surface area contributed by atoms with E-state index in [9.17, 15) is 8.42 Å². The van der Waals surface area contributed by atoms with Crippen molar-refractivity contribution < 1.29 is 8.42 Å². The maximum Gasteiger partial charge on any atom is 0.243 e. The molecule has 0 atom stereocenters. The van der Waals surface area contributed by atoms with Gasteiger partial charge in [0.2, 0.25) is 10.0 Å². The van der Waals surface area contributed by atoms with E-state index in [1.165, 1.54) is 5.56 Å². The van der Waals surface area contributed by atoms with E-state index in [2.05, 4.69) is 22.0 Å². The third-order valence-electron chi connectivity index (χ3n) is 3.55. The molecular formula is C15H14BrNO2S. The topological polar surface area (TPSA) is 37.4 Å². The minimum absolute atomic E-state index is 0.347. The fourth-order valence-electron chi connectivity index (χ4n) is 2.43. The Hall–Kier alpha value is -1.17. The molecule has 0 N–H and O–H groups in total. The van der Waals surface area contributed by atoms with Crippen molar-refractivity contribution in [2.45, 2.75) is 17.9 Å². The van der Waals surface area contributed by atoms with Crippen LogP contribution in [0.5, 0.6) is 0 Å². The highest BCUT2D eigenvalue weighted by molar-refractivity contribution is 9.10. The highest BCUT2D eigenvalue weighted by Gasteiger charge is 2.27. The summed E-state index contributed by atoms with van der Waals surface area (Å²) in [6, 6.07) is 14.8. The van der Waals surface area contributed by atoms with Crippen LogP contribution >= 0.6 is 15.9 Å². The predicted octanol–water partition coefficient (Wildman–Crippen LogP) is 3.20. The summed E-state index contributed by atoms with van der Waals surface area (Å²) < 4.78 is 27.7. The summed E-state index contributed by atoms with van der Waals surface area (Å²) in [5, 5.41) is 0. The summed E-state index contributed by atoms with van der Waals surface area (Å²) >= 11 is 3.32. The molecule has 20 heavy (non-hydrogen) atoms. The van der Waals surface area contributed by atoms with Gasteiger partial charge in [-0.25, -0.2) is 8.42 Å². The standard InChI is InChI=1S/C15H14BrNO2S/c16-14-5-7-15(8-6-14)20(18,19)17-10-9-12-3-1-2-4-13(12)11-17/h1-8H,9-11H2. The first-order chi connectivity index (χ1) is 9.57. The molecule has 2 aromatic rings. The zero-order chi connectivity index (χ0) is 14.2. The van der Waals surface area contributed by atoms with Crippen LogP contribution in [0.1, 0.15) is 11.1 Å². The average Bonchev–Trinajstić information content (AvgIpc) is 2.47. The minimum atomic E-state index is -3.41.